The Balaban J connectivity index is 3.14. The summed E-state index contributed by atoms with van der Waals surface area (Å²) in [7, 11) is 0. The van der Waals surface area contributed by atoms with Crippen molar-refractivity contribution in [2.24, 2.45) is 5.41 Å². The van der Waals surface area contributed by atoms with Crippen LogP contribution in [0, 0.1) is 16.7 Å². The second kappa shape index (κ2) is 5.23. The van der Waals surface area contributed by atoms with Crippen molar-refractivity contribution < 1.29 is 0 Å². The summed E-state index contributed by atoms with van der Waals surface area (Å²) in [5.41, 5.74) is 3.34. The molecule has 0 spiro atoms. The molecule has 0 N–H and O–H groups in total. The molecule has 0 bridgehead atoms. The highest BCUT2D eigenvalue weighted by Gasteiger charge is 2.18. The molecule has 0 saturated heterocycles. The maximum atomic E-state index is 8.76. The average molecular weight is 231 g/mol. The van der Waals surface area contributed by atoms with E-state index < -0.39 is 0 Å². The molecule has 1 aromatic carbocycles. The fourth-order valence-corrected chi connectivity index (χ4v) is 2.25. The van der Waals surface area contributed by atoms with Gasteiger partial charge in [0, 0.05) is 0 Å². The minimum absolute atomic E-state index is 0.122. The Morgan fingerprint density at radius 2 is 1.81 bits per heavy atom. The molecule has 0 aliphatic carbocycles. The highest BCUT2D eigenvalue weighted by molar-refractivity contribution is 8.01. The lowest BCUT2D eigenvalue weighted by Gasteiger charge is -2.23. The van der Waals surface area contributed by atoms with Crippen molar-refractivity contribution in [3.8, 4) is 6.07 Å². The number of thioether (sulfide) groups is 1. The van der Waals surface area contributed by atoms with Crippen LogP contribution in [0.1, 0.15) is 31.9 Å². The van der Waals surface area contributed by atoms with Crippen LogP contribution in [0.5, 0.6) is 0 Å². The number of benzene rings is 1. The number of nitriles is 1. The van der Waals surface area contributed by atoms with Gasteiger partial charge in [-0.2, -0.15) is 5.26 Å². The second-order valence-electron chi connectivity index (χ2n) is 4.71. The largest absolute Gasteiger partial charge is 0.192 e. The summed E-state index contributed by atoms with van der Waals surface area (Å²) in [6.07, 6.45) is 2.06. The van der Waals surface area contributed by atoms with Gasteiger partial charge in [0.15, 0.2) is 0 Å². The average Bonchev–Trinajstić information content (AvgIpc) is 2.25. The Morgan fingerprint density at radius 1 is 1.25 bits per heavy atom. The van der Waals surface area contributed by atoms with Gasteiger partial charge in [-0.05, 0) is 40.3 Å². The third-order valence-electron chi connectivity index (χ3n) is 2.37. The predicted octanol–water partition coefficient (Wildman–Crippen LogP) is 4.31. The van der Waals surface area contributed by atoms with Gasteiger partial charge in [0.2, 0.25) is 0 Å². The second-order valence-corrected chi connectivity index (χ2v) is 5.41. The molecule has 0 aliphatic rings. The monoisotopic (exact) mass is 231 g/mol. The van der Waals surface area contributed by atoms with Crippen molar-refractivity contribution in [2.45, 2.75) is 20.8 Å². The van der Waals surface area contributed by atoms with E-state index in [1.807, 2.05) is 24.3 Å². The maximum Gasteiger partial charge on any atom is 0.0991 e. The third kappa shape index (κ3) is 3.15. The van der Waals surface area contributed by atoms with E-state index >= 15 is 0 Å². The SMILES string of the molecule is CS/C=C(/c1ccc(C#N)cc1)C(C)(C)C. The first-order valence-electron chi connectivity index (χ1n) is 5.23. The molecule has 0 aromatic heterocycles. The molecule has 0 fully saturated rings. The predicted molar refractivity (Wildman–Crippen MR) is 72.1 cm³/mol. The lowest BCUT2D eigenvalue weighted by Crippen LogP contribution is -2.08. The van der Waals surface area contributed by atoms with Gasteiger partial charge < -0.3 is 0 Å². The molecule has 1 aromatic rings. The van der Waals surface area contributed by atoms with Crippen LogP contribution in [0.3, 0.4) is 0 Å². The number of rotatable bonds is 2. The topological polar surface area (TPSA) is 23.8 Å². The maximum absolute atomic E-state index is 8.76. The number of hydrogen-bond acceptors (Lipinski definition) is 2. The molecule has 0 amide bonds. The molecule has 1 nitrogen and oxygen atoms in total. The van der Waals surface area contributed by atoms with E-state index in [0.29, 0.717) is 5.56 Å². The van der Waals surface area contributed by atoms with E-state index in [-0.39, 0.29) is 5.41 Å². The van der Waals surface area contributed by atoms with Gasteiger partial charge in [0.05, 0.1) is 11.6 Å². The third-order valence-corrected chi connectivity index (χ3v) is 2.84. The van der Waals surface area contributed by atoms with Gasteiger partial charge in [-0.15, -0.1) is 11.8 Å². The van der Waals surface area contributed by atoms with Crippen molar-refractivity contribution in [1.82, 2.24) is 0 Å². The lowest BCUT2D eigenvalue weighted by atomic mass is 9.83. The number of nitrogens with zero attached hydrogens (tertiary/aromatic N) is 1. The Morgan fingerprint density at radius 3 is 2.19 bits per heavy atom. The Bertz CT molecular complexity index is 416. The molecule has 1 rings (SSSR count). The van der Waals surface area contributed by atoms with Crippen molar-refractivity contribution in [1.29, 1.82) is 5.26 Å². The van der Waals surface area contributed by atoms with Gasteiger partial charge in [0.1, 0.15) is 0 Å². The van der Waals surface area contributed by atoms with Crippen LogP contribution in [0.15, 0.2) is 29.7 Å². The van der Waals surface area contributed by atoms with Gasteiger partial charge in [0.25, 0.3) is 0 Å². The normalized spacial score (nSPS) is 12.3. The molecular formula is C14H17NS. The standard InChI is InChI=1S/C14H17NS/c1-14(2,3)13(10-16-4)12-7-5-11(9-15)6-8-12/h5-8,10H,1-4H3/b13-10-. The van der Waals surface area contributed by atoms with Crippen LogP contribution in [-0.2, 0) is 0 Å². The smallest absolute Gasteiger partial charge is 0.0991 e. The van der Waals surface area contributed by atoms with Crippen LogP contribution < -0.4 is 0 Å². The summed E-state index contributed by atoms with van der Waals surface area (Å²) in [5, 5.41) is 10.9. The van der Waals surface area contributed by atoms with E-state index in [2.05, 4.69) is 38.5 Å². The zero-order valence-corrected chi connectivity index (χ0v) is 11.1. The fraction of sp³-hybridized carbons (Fsp3) is 0.357. The van der Waals surface area contributed by atoms with Gasteiger partial charge in [-0.1, -0.05) is 32.9 Å². The van der Waals surface area contributed by atoms with Crippen LogP contribution in [0.25, 0.3) is 5.57 Å². The van der Waals surface area contributed by atoms with Crippen LogP contribution in [0.2, 0.25) is 0 Å². The Hall–Kier alpha value is -1.20. The van der Waals surface area contributed by atoms with Gasteiger partial charge in [-0.25, -0.2) is 0 Å². The summed E-state index contributed by atoms with van der Waals surface area (Å²) in [6.45, 7) is 6.60. The van der Waals surface area contributed by atoms with Gasteiger partial charge >= 0.3 is 0 Å². The van der Waals surface area contributed by atoms with Crippen LogP contribution in [0.4, 0.5) is 0 Å². The highest BCUT2D eigenvalue weighted by atomic mass is 32.2. The van der Waals surface area contributed by atoms with Crippen molar-refractivity contribution in [3.05, 3.63) is 40.8 Å². The van der Waals surface area contributed by atoms with E-state index in [4.69, 9.17) is 5.26 Å². The lowest BCUT2D eigenvalue weighted by molar-refractivity contribution is 0.567. The quantitative estimate of drug-likeness (QED) is 0.757. The number of hydrogen-bond donors (Lipinski definition) is 0. The molecule has 0 unspecified atom stereocenters. The molecule has 0 saturated carbocycles. The van der Waals surface area contributed by atoms with Crippen molar-refractivity contribution in [2.75, 3.05) is 6.26 Å². The van der Waals surface area contributed by atoms with Crippen LogP contribution >= 0.6 is 11.8 Å². The number of allylic oxidation sites excluding steroid dienone is 1. The highest BCUT2D eigenvalue weighted by Crippen LogP contribution is 2.35. The molecule has 0 atom stereocenters. The molecule has 0 aliphatic heterocycles. The summed E-state index contributed by atoms with van der Waals surface area (Å²) in [4.78, 5) is 0. The van der Waals surface area contributed by atoms with Crippen LogP contribution in [-0.4, -0.2) is 6.26 Å². The first kappa shape index (κ1) is 12.9. The summed E-state index contributed by atoms with van der Waals surface area (Å²) in [5.74, 6) is 0. The molecule has 84 valence electrons. The minimum atomic E-state index is 0.122. The molecule has 16 heavy (non-hydrogen) atoms. The zero-order valence-electron chi connectivity index (χ0n) is 10.2. The van der Waals surface area contributed by atoms with Crippen molar-refractivity contribution >= 4 is 17.3 Å². The molecule has 0 radical (unpaired) electrons. The zero-order chi connectivity index (χ0) is 12.2. The van der Waals surface area contributed by atoms with E-state index in [0.717, 1.165) is 0 Å². The van der Waals surface area contributed by atoms with E-state index in [1.165, 1.54) is 11.1 Å². The first-order chi connectivity index (χ1) is 7.49. The Labute approximate surface area is 102 Å². The minimum Gasteiger partial charge on any atom is -0.192 e. The fourth-order valence-electron chi connectivity index (χ4n) is 1.52. The molecular weight excluding hydrogens is 214 g/mol. The van der Waals surface area contributed by atoms with Crippen molar-refractivity contribution in [3.63, 3.8) is 0 Å². The molecule has 2 heteroatoms. The summed E-state index contributed by atoms with van der Waals surface area (Å²) >= 11 is 1.71. The van der Waals surface area contributed by atoms with E-state index in [1.54, 1.807) is 11.8 Å². The first-order valence-corrected chi connectivity index (χ1v) is 6.52. The Kier molecular flexibility index (Phi) is 4.20. The van der Waals surface area contributed by atoms with E-state index in [9.17, 15) is 0 Å². The summed E-state index contributed by atoms with van der Waals surface area (Å²) in [6, 6.07) is 9.92. The molecule has 0 heterocycles. The van der Waals surface area contributed by atoms with Gasteiger partial charge in [-0.3, -0.25) is 0 Å². The summed E-state index contributed by atoms with van der Waals surface area (Å²) < 4.78 is 0.